The van der Waals surface area contributed by atoms with E-state index >= 15 is 0 Å². The summed E-state index contributed by atoms with van der Waals surface area (Å²) >= 11 is 0. The third kappa shape index (κ3) is 46.2. The van der Waals surface area contributed by atoms with Gasteiger partial charge in [0.1, 0.15) is 0 Å². The van der Waals surface area contributed by atoms with Crippen molar-refractivity contribution in [3.63, 3.8) is 0 Å². The van der Waals surface area contributed by atoms with Crippen LogP contribution in [0, 0.1) is 0 Å². The molecule has 0 unspecified atom stereocenters. The summed E-state index contributed by atoms with van der Waals surface area (Å²) in [6.45, 7) is 2.04. The Balaban J connectivity index is -0.000000591. The summed E-state index contributed by atoms with van der Waals surface area (Å²) in [5.74, 6) is 0.234. The van der Waals surface area contributed by atoms with E-state index in [1.165, 1.54) is 0 Å². The number of aliphatic hydroxyl groups excluding tert-OH is 4. The fourth-order valence-electron chi connectivity index (χ4n) is 8.35. The van der Waals surface area contributed by atoms with Gasteiger partial charge in [-0.25, -0.2) is 0 Å². The first-order chi connectivity index (χ1) is 49.4. The molecule has 0 atom stereocenters. The van der Waals surface area contributed by atoms with Crippen LogP contribution in [0.5, 0.6) is 23.0 Å². The van der Waals surface area contributed by atoms with Gasteiger partial charge in [0, 0.05) is 101 Å². The first-order valence-corrected chi connectivity index (χ1v) is 30.0. The van der Waals surface area contributed by atoms with Gasteiger partial charge in [0.25, 0.3) is 0 Å². The Hall–Kier alpha value is -9.14. The predicted octanol–water partition coefficient (Wildman–Crippen LogP) is 15.3. The summed E-state index contributed by atoms with van der Waals surface area (Å²) in [6, 6.07) is 67.9. The van der Waals surface area contributed by atoms with E-state index in [0.29, 0.717) is 26.2 Å². The van der Waals surface area contributed by atoms with Gasteiger partial charge >= 0.3 is 97.3 Å². The number of aromatic nitrogens is 4. The summed E-state index contributed by atoms with van der Waals surface area (Å²) in [5.41, 5.74) is 10.5. The molecule has 4 radical (unpaired) electrons. The molecular weight excluding hydrogens is 1660 g/mol. The molecule has 8 aromatic carbocycles. The van der Waals surface area contributed by atoms with Gasteiger partial charge in [-0.05, 0) is 70.8 Å². The smallest absolute Gasteiger partial charge is 0.872 e. The van der Waals surface area contributed by atoms with Gasteiger partial charge in [-0.2, -0.15) is 0 Å². The quantitative estimate of drug-likeness (QED) is 0.0417. The molecule has 0 bridgehead atoms. The molecule has 0 saturated carbocycles. The van der Waals surface area contributed by atoms with Crippen LogP contribution < -0.4 is 41.7 Å². The van der Waals surface area contributed by atoms with E-state index in [-0.39, 0.29) is 91.3 Å². The monoisotopic (exact) mass is 1720 g/mol. The molecule has 0 aliphatic carbocycles. The van der Waals surface area contributed by atoms with Gasteiger partial charge in [0.15, 0.2) is 0 Å². The van der Waals surface area contributed by atoms with Crippen molar-refractivity contribution >= 4 is 95.4 Å². The molecule has 8 N–H and O–H groups in total. The van der Waals surface area contributed by atoms with E-state index in [4.69, 9.17) is 20.4 Å². The second-order valence-electron chi connectivity index (χ2n) is 19.3. The molecule has 12 aromatic rings. The SMILES string of the molecule is CO.CO.CO.CO.F[B-](F)(F)F.F[B-](F)(F)F.F[B-](F)(F)F.F[B-](F)(F)F.[Cu+2].[Cu+2].[Cu+2].[Cu+2].[O-]c1ccccc1CNc1cccc2cccnc12.[O-]c1ccccc1CNc1cccc2cccnc12.[O-]c1ccccc1CNc1cccc2cccnc12.[O-]c1ccccc1CNc1cccc2cccnc12. The maximum atomic E-state index is 11.6. The van der Waals surface area contributed by atoms with Crippen LogP contribution in [0.3, 0.4) is 0 Å². The van der Waals surface area contributed by atoms with Crippen molar-refractivity contribution in [1.82, 2.24) is 19.9 Å². The van der Waals surface area contributed by atoms with Crippen molar-refractivity contribution in [2.75, 3.05) is 49.7 Å². The summed E-state index contributed by atoms with van der Waals surface area (Å²) in [4.78, 5) is 17.5. The van der Waals surface area contributed by atoms with Crippen LogP contribution >= 0.6 is 0 Å². The number of nitrogens with zero attached hydrogens (tertiary/aromatic N) is 4. The average Bonchev–Trinajstić information content (AvgIpc) is 0.846. The fraction of sp³-hybridized carbons (Fsp3) is 0.118. The van der Waals surface area contributed by atoms with E-state index in [2.05, 4.69) is 41.2 Å². The molecule has 0 fully saturated rings. The number of hydrogen-bond acceptors (Lipinski definition) is 16. The topological polar surface area (TPSA) is 273 Å². The van der Waals surface area contributed by atoms with Crippen molar-refractivity contribution in [2.24, 2.45) is 0 Å². The van der Waals surface area contributed by atoms with Gasteiger partial charge in [-0.3, -0.25) is 19.9 Å². The van der Waals surface area contributed by atoms with Crippen molar-refractivity contribution in [3.05, 3.63) is 265 Å². The molecular formula is C68H68B4Cu4F16N8O8. The number of pyridine rings is 4. The van der Waals surface area contributed by atoms with Gasteiger partial charge in [-0.1, -0.05) is 170 Å². The van der Waals surface area contributed by atoms with E-state index in [1.807, 2.05) is 170 Å². The second kappa shape index (κ2) is 57.0. The molecule has 596 valence electrons. The Morgan fingerprint density at radius 3 is 0.546 bits per heavy atom. The Morgan fingerprint density at radius 1 is 0.241 bits per heavy atom. The zero-order valence-electron chi connectivity index (χ0n) is 56.7. The van der Waals surface area contributed by atoms with Crippen LogP contribution in [0.25, 0.3) is 43.6 Å². The van der Waals surface area contributed by atoms with E-state index < -0.39 is 29.0 Å². The Bertz CT molecular complexity index is 3790. The van der Waals surface area contributed by atoms with Crippen LogP contribution in [0.4, 0.5) is 91.8 Å². The van der Waals surface area contributed by atoms with E-state index in [9.17, 15) is 89.5 Å². The van der Waals surface area contributed by atoms with Gasteiger partial charge in [0.05, 0.1) is 44.8 Å². The molecule has 0 spiro atoms. The molecule has 40 heteroatoms. The zero-order valence-corrected chi connectivity index (χ0v) is 60.5. The number of anilines is 4. The minimum absolute atomic E-state index is 0. The number of aliphatic hydroxyl groups is 4. The molecule has 108 heavy (non-hydrogen) atoms. The Kier molecular flexibility index (Phi) is 55.6. The largest absolute Gasteiger partial charge is 2.00 e. The van der Waals surface area contributed by atoms with Crippen molar-refractivity contribution in [3.8, 4) is 23.0 Å². The summed E-state index contributed by atoms with van der Waals surface area (Å²) in [6.07, 6.45) is 7.09. The third-order valence-electron chi connectivity index (χ3n) is 12.3. The van der Waals surface area contributed by atoms with Crippen molar-refractivity contribution in [2.45, 2.75) is 26.2 Å². The van der Waals surface area contributed by atoms with Crippen LogP contribution in [-0.4, -0.2) is 97.8 Å². The molecule has 16 nitrogen and oxygen atoms in total. The number of benzene rings is 8. The summed E-state index contributed by atoms with van der Waals surface area (Å²) in [5, 5.41) is 92.1. The summed E-state index contributed by atoms with van der Waals surface area (Å²) in [7, 11) is -20.0. The standard InChI is InChI=1S/4C16H14N2O.4CH4O.4BF4.4Cu/c4*19-15-9-2-1-5-13(15)11-18-14-8-3-6-12-7-4-10-17-16(12)14;4*1-2;4*2-1(3,4)5;;;;/h4*1-10,18-19H,11H2;4*2H,1H3;;;;;;;;/q;;;;;;;;4*-1;4*+2/p-4. The van der Waals surface area contributed by atoms with Crippen LogP contribution in [0.15, 0.2) is 243 Å². The fourth-order valence-corrected chi connectivity index (χ4v) is 8.35. The van der Waals surface area contributed by atoms with Gasteiger partial charge < -0.3 is 131 Å². The number of nitrogens with one attached hydrogen (secondary N) is 4. The first-order valence-electron chi connectivity index (χ1n) is 30.0. The van der Waals surface area contributed by atoms with E-state index in [0.717, 1.165) is 117 Å². The number of halogens is 16. The van der Waals surface area contributed by atoms with Crippen molar-refractivity contribution < 1.29 is 178 Å². The second-order valence-corrected chi connectivity index (χ2v) is 19.3. The molecule has 0 amide bonds. The normalized spacial score (nSPS) is 9.85. The van der Waals surface area contributed by atoms with Crippen LogP contribution in [0.1, 0.15) is 22.3 Å². The maximum Gasteiger partial charge on any atom is 2.00 e. The van der Waals surface area contributed by atoms with Crippen molar-refractivity contribution in [1.29, 1.82) is 0 Å². The van der Waals surface area contributed by atoms with Gasteiger partial charge in [0.2, 0.25) is 0 Å². The number of rotatable bonds is 12. The van der Waals surface area contributed by atoms with Crippen LogP contribution in [-0.2, 0) is 94.5 Å². The summed E-state index contributed by atoms with van der Waals surface area (Å²) < 4.78 is 156. The average molecular weight is 1730 g/mol. The number of hydrogen-bond donors (Lipinski definition) is 8. The van der Waals surface area contributed by atoms with Gasteiger partial charge in [-0.15, -0.1) is 23.0 Å². The molecule has 4 aromatic heterocycles. The predicted molar refractivity (Wildman–Crippen MR) is 373 cm³/mol. The minimum atomic E-state index is -6.00. The van der Waals surface area contributed by atoms with Crippen LogP contribution in [0.2, 0.25) is 0 Å². The molecule has 0 aliphatic heterocycles. The molecule has 0 saturated heterocycles. The number of para-hydroxylation sites is 8. The maximum absolute atomic E-state index is 11.6. The zero-order chi connectivity index (χ0) is 78.3. The minimum Gasteiger partial charge on any atom is -0.872 e. The Labute approximate surface area is 653 Å². The Morgan fingerprint density at radius 2 is 0.389 bits per heavy atom. The first kappa shape index (κ1) is 105. The number of fused-ring (bicyclic) bond motifs is 4. The third-order valence-corrected chi connectivity index (χ3v) is 12.3. The molecule has 4 heterocycles. The molecule has 0 aliphatic rings. The molecule has 12 rings (SSSR count). The van der Waals surface area contributed by atoms with E-state index in [1.54, 1.807) is 73.3 Å².